The van der Waals surface area contributed by atoms with Gasteiger partial charge in [-0.2, -0.15) is 45.5 Å². The molecule has 0 radical (unpaired) electrons. The number of hydrogen-bond donors (Lipinski definition) is 2. The van der Waals surface area contributed by atoms with Gasteiger partial charge in [0.2, 0.25) is 0 Å². The molecule has 2 aliphatic rings. The first-order valence-corrected chi connectivity index (χ1v) is 21.3. The first-order valence-electron chi connectivity index (χ1n) is 15.3. The molecule has 44 heavy (non-hydrogen) atoms. The van der Waals surface area contributed by atoms with Crippen LogP contribution in [0.4, 0.5) is 0 Å². The van der Waals surface area contributed by atoms with Crippen molar-refractivity contribution in [1.82, 2.24) is 0 Å². The van der Waals surface area contributed by atoms with Gasteiger partial charge >= 0.3 is 30.2 Å². The molecule has 0 spiro atoms. The fourth-order valence-corrected chi connectivity index (χ4v) is 6.09. The van der Waals surface area contributed by atoms with E-state index in [0.717, 1.165) is 22.3 Å². The Morgan fingerprint density at radius 2 is 0.773 bits per heavy atom. The average molecular weight is 690 g/mol. The second-order valence-electron chi connectivity index (χ2n) is 12.1. The molecule has 4 aromatic carbocycles. The maximum atomic E-state index is 9.33. The van der Waals surface area contributed by atoms with Gasteiger partial charge in [0.15, 0.2) is 0 Å². The van der Waals surface area contributed by atoms with Gasteiger partial charge in [-0.3, -0.25) is 0 Å². The van der Waals surface area contributed by atoms with Gasteiger partial charge in [0.25, 0.3) is 0 Å². The van der Waals surface area contributed by atoms with E-state index in [-0.39, 0.29) is 14.9 Å². The number of rotatable bonds is 0. The van der Waals surface area contributed by atoms with Gasteiger partial charge in [-0.25, -0.2) is 12.1 Å². The van der Waals surface area contributed by atoms with Crippen molar-refractivity contribution in [3.63, 3.8) is 0 Å². The normalized spacial score (nSPS) is 12.2. The molecule has 0 aromatic heterocycles. The first kappa shape index (κ1) is 41.8. The standard InChI is InChI=1S/2C10H13.2C9H12O.2CH3.H2Si.Zr/c2*1-8-6-9-4-2-3-5-10(9)7-8;2*1-6-4-7(2)9(10)8(3)5-6;;;;/h2*6-7H,2-5H2,1H3;2*4-5,10H,1-3H3;2*1H3;1H2;/q2*-1;;;2*-1;;. The number of aromatic hydroxyl groups is 2. The van der Waals surface area contributed by atoms with Gasteiger partial charge in [-0.05, 0) is 63.8 Å². The first-order chi connectivity index (χ1) is 19.9. The van der Waals surface area contributed by atoms with E-state index in [4.69, 9.17) is 0 Å². The molecular formula is C40H58O2SiZr-4. The molecule has 2 nitrogen and oxygen atoms in total. The third-order valence-corrected chi connectivity index (χ3v) is 7.99. The molecule has 6 rings (SSSR count). The Kier molecular flexibility index (Phi) is 19.8. The number of aryl methyl sites for hydroxylation is 12. The summed E-state index contributed by atoms with van der Waals surface area (Å²) in [6.45, 7) is 18.0. The van der Waals surface area contributed by atoms with Crippen molar-refractivity contribution in [3.8, 4) is 11.5 Å². The van der Waals surface area contributed by atoms with E-state index in [1.54, 1.807) is 45.6 Å². The van der Waals surface area contributed by atoms with Gasteiger partial charge < -0.3 is 25.1 Å². The summed E-state index contributed by atoms with van der Waals surface area (Å²) in [5, 5.41) is 18.7. The van der Waals surface area contributed by atoms with Crippen molar-refractivity contribution in [2.75, 3.05) is 0 Å². The van der Waals surface area contributed by atoms with Crippen LogP contribution in [0.1, 0.15) is 92.4 Å². The molecule has 0 heterocycles. The van der Waals surface area contributed by atoms with E-state index >= 15 is 0 Å². The SMILES string of the molecule is Cc1cc(C)c(O)c(C)c1.Cc1cc(C)c(O)c(C)c1.Cc1cc2c([cH-]1)CCCC2.Cc1cc2c([cH-]1)CCCC2.[CH3-].[CH3-].[SiH2]=[Zr]. The van der Waals surface area contributed by atoms with Crippen LogP contribution in [-0.4, -0.2) is 17.1 Å². The minimum absolute atomic E-state index is 0. The molecule has 0 saturated heterocycles. The Morgan fingerprint density at radius 3 is 1.05 bits per heavy atom. The van der Waals surface area contributed by atoms with E-state index in [1.165, 1.54) is 73.6 Å². The molecule has 2 N–H and O–H groups in total. The van der Waals surface area contributed by atoms with E-state index in [2.05, 4.69) is 38.1 Å². The van der Waals surface area contributed by atoms with Gasteiger partial charge in [0, 0.05) is 0 Å². The fraction of sp³-hybridized carbons (Fsp3) is 0.400. The second kappa shape index (κ2) is 20.8. The van der Waals surface area contributed by atoms with Gasteiger partial charge in [-0.1, -0.05) is 101 Å². The third-order valence-electron chi connectivity index (χ3n) is 7.99. The van der Waals surface area contributed by atoms with Crippen LogP contribution in [0.2, 0.25) is 0 Å². The van der Waals surface area contributed by atoms with Gasteiger partial charge in [0.1, 0.15) is 11.5 Å². The summed E-state index contributed by atoms with van der Waals surface area (Å²) in [6, 6.07) is 17.3. The van der Waals surface area contributed by atoms with Crippen LogP contribution < -0.4 is 0 Å². The molecule has 4 heteroatoms. The molecule has 0 unspecified atom stereocenters. The van der Waals surface area contributed by atoms with Gasteiger partial charge in [-0.15, -0.1) is 0 Å². The maximum absolute atomic E-state index is 9.33. The predicted molar refractivity (Wildman–Crippen MR) is 193 cm³/mol. The molecule has 2 aliphatic carbocycles. The number of benzene rings is 2. The summed E-state index contributed by atoms with van der Waals surface area (Å²) in [7, 11) is 0. The van der Waals surface area contributed by atoms with E-state index in [9.17, 15) is 10.2 Å². The molecule has 0 bridgehead atoms. The minimum atomic E-state index is 0. The molecule has 4 aromatic rings. The molecule has 0 amide bonds. The zero-order valence-electron chi connectivity index (χ0n) is 29.4. The van der Waals surface area contributed by atoms with Crippen molar-refractivity contribution in [1.29, 1.82) is 0 Å². The number of phenolic OH excluding ortho intramolecular Hbond substituents is 2. The van der Waals surface area contributed by atoms with Crippen LogP contribution in [-0.2, 0) is 49.0 Å². The zero-order chi connectivity index (χ0) is 31.4. The van der Waals surface area contributed by atoms with Crippen LogP contribution in [0, 0.1) is 70.2 Å². The molecular weight excluding hydrogens is 632 g/mol. The summed E-state index contributed by atoms with van der Waals surface area (Å²) in [5.41, 5.74) is 15.6. The van der Waals surface area contributed by atoms with Crippen LogP contribution in [0.15, 0.2) is 48.5 Å². The Bertz CT molecular complexity index is 1220. The van der Waals surface area contributed by atoms with E-state index in [1.807, 2.05) is 72.7 Å². The fourth-order valence-electron chi connectivity index (χ4n) is 6.09. The quantitative estimate of drug-likeness (QED) is 0.143. The predicted octanol–water partition coefficient (Wildman–Crippen LogP) is 9.80. The monoisotopic (exact) mass is 688 g/mol. The van der Waals surface area contributed by atoms with Crippen LogP contribution in [0.5, 0.6) is 11.5 Å². The Balaban J connectivity index is 0.000000541. The second-order valence-corrected chi connectivity index (χ2v) is 12.1. The number of hydrogen-bond acceptors (Lipinski definition) is 2. The summed E-state index contributed by atoms with van der Waals surface area (Å²) in [5.74, 6) is 0.844. The Labute approximate surface area is 287 Å². The number of fused-ring (bicyclic) bond motifs is 2. The summed E-state index contributed by atoms with van der Waals surface area (Å²) in [6.07, 6.45) is 10.9. The van der Waals surface area contributed by atoms with Crippen molar-refractivity contribution >= 4 is 6.88 Å². The van der Waals surface area contributed by atoms with Crippen LogP contribution >= 0.6 is 0 Å². The molecule has 0 fully saturated rings. The van der Waals surface area contributed by atoms with E-state index in [0.29, 0.717) is 11.5 Å². The molecule has 0 aliphatic heterocycles. The van der Waals surface area contributed by atoms with Crippen molar-refractivity contribution in [2.45, 2.75) is 107 Å². The summed E-state index contributed by atoms with van der Waals surface area (Å²) in [4.78, 5) is 0. The van der Waals surface area contributed by atoms with Crippen molar-refractivity contribution < 1.29 is 33.5 Å². The van der Waals surface area contributed by atoms with E-state index < -0.39 is 0 Å². The summed E-state index contributed by atoms with van der Waals surface area (Å²) >= 11 is 1.58. The molecule has 0 atom stereocenters. The molecule has 242 valence electrons. The zero-order valence-corrected chi connectivity index (χ0v) is 33.2. The van der Waals surface area contributed by atoms with Crippen molar-refractivity contribution in [3.05, 3.63) is 130 Å². The average Bonchev–Trinajstić information content (AvgIpc) is 3.53. The third kappa shape index (κ3) is 13.1. The van der Waals surface area contributed by atoms with Crippen LogP contribution in [0.25, 0.3) is 0 Å². The topological polar surface area (TPSA) is 40.5 Å². The Morgan fingerprint density at radius 1 is 0.500 bits per heavy atom. The van der Waals surface area contributed by atoms with Crippen LogP contribution in [0.3, 0.4) is 0 Å². The molecule has 0 saturated carbocycles. The Hall–Kier alpha value is -2.16. The summed E-state index contributed by atoms with van der Waals surface area (Å²) < 4.78 is 0. The van der Waals surface area contributed by atoms with Crippen molar-refractivity contribution in [2.24, 2.45) is 0 Å². The van der Waals surface area contributed by atoms with Gasteiger partial charge in [0.05, 0.1) is 0 Å². The number of phenols is 2.